The molecule has 1 heterocycles. The number of hydrogen-bond donors (Lipinski definition) is 2. The number of carbonyl (C=O) groups is 1. The van der Waals surface area contributed by atoms with Crippen molar-refractivity contribution in [2.75, 3.05) is 13.1 Å². The Labute approximate surface area is 103 Å². The lowest BCUT2D eigenvalue weighted by Crippen LogP contribution is -2.64. The summed E-state index contributed by atoms with van der Waals surface area (Å²) in [5, 5.41) is 6.57. The summed E-state index contributed by atoms with van der Waals surface area (Å²) < 4.78 is 0. The Bertz CT molecular complexity index is 317. The van der Waals surface area contributed by atoms with Crippen LogP contribution >= 0.6 is 0 Å². The summed E-state index contributed by atoms with van der Waals surface area (Å²) in [5.41, 5.74) is 0.319. The topological polar surface area (TPSA) is 41.1 Å². The van der Waals surface area contributed by atoms with E-state index in [4.69, 9.17) is 0 Å². The van der Waals surface area contributed by atoms with Crippen LogP contribution in [0, 0.1) is 23.2 Å². The van der Waals surface area contributed by atoms with E-state index >= 15 is 0 Å². The van der Waals surface area contributed by atoms with Gasteiger partial charge in [-0.1, -0.05) is 0 Å². The molecule has 4 bridgehead atoms. The molecule has 5 fully saturated rings. The van der Waals surface area contributed by atoms with Crippen molar-refractivity contribution in [3.05, 3.63) is 0 Å². The molecule has 0 aromatic carbocycles. The molecule has 5 aliphatic rings. The van der Waals surface area contributed by atoms with Gasteiger partial charge in [-0.05, 0) is 61.7 Å². The third-order valence-corrected chi connectivity index (χ3v) is 5.73. The molecule has 1 unspecified atom stereocenters. The molecule has 3 nitrogen and oxygen atoms in total. The Morgan fingerprint density at radius 1 is 0.941 bits per heavy atom. The van der Waals surface area contributed by atoms with Gasteiger partial charge in [0.2, 0.25) is 5.91 Å². The van der Waals surface area contributed by atoms with Crippen LogP contribution in [0.3, 0.4) is 0 Å². The molecule has 3 heteroatoms. The monoisotopic (exact) mass is 234 g/mol. The molecule has 2 N–H and O–H groups in total. The van der Waals surface area contributed by atoms with E-state index in [1.165, 1.54) is 38.5 Å². The molecule has 0 aromatic rings. The van der Waals surface area contributed by atoms with E-state index in [1.807, 2.05) is 0 Å². The Hall–Kier alpha value is -0.570. The highest BCUT2D eigenvalue weighted by atomic mass is 16.2. The summed E-state index contributed by atoms with van der Waals surface area (Å²) in [6, 6.07) is 0.115. The lowest BCUT2D eigenvalue weighted by atomic mass is 9.47. The lowest BCUT2D eigenvalue weighted by Gasteiger charge is -2.59. The van der Waals surface area contributed by atoms with E-state index < -0.39 is 0 Å². The van der Waals surface area contributed by atoms with Gasteiger partial charge in [0.05, 0.1) is 6.04 Å². The van der Waals surface area contributed by atoms with Crippen LogP contribution in [-0.4, -0.2) is 25.0 Å². The van der Waals surface area contributed by atoms with E-state index in [1.54, 1.807) is 0 Å². The molecule has 1 aliphatic heterocycles. The van der Waals surface area contributed by atoms with Crippen molar-refractivity contribution >= 4 is 5.91 Å². The van der Waals surface area contributed by atoms with E-state index in [0.717, 1.165) is 30.8 Å². The minimum absolute atomic E-state index is 0.115. The number of amides is 1. The van der Waals surface area contributed by atoms with E-state index in [0.29, 0.717) is 5.41 Å². The first-order valence-corrected chi connectivity index (χ1v) is 7.26. The number of rotatable bonds is 1. The van der Waals surface area contributed by atoms with E-state index in [-0.39, 0.29) is 11.9 Å². The molecule has 4 aliphatic carbocycles. The summed E-state index contributed by atoms with van der Waals surface area (Å²) in [4.78, 5) is 12.1. The average molecular weight is 234 g/mol. The van der Waals surface area contributed by atoms with Crippen LogP contribution in [0.1, 0.15) is 38.5 Å². The quantitative estimate of drug-likeness (QED) is 0.718. The van der Waals surface area contributed by atoms with Crippen LogP contribution < -0.4 is 10.6 Å². The van der Waals surface area contributed by atoms with Gasteiger partial charge in [0.15, 0.2) is 0 Å². The van der Waals surface area contributed by atoms with Crippen molar-refractivity contribution in [1.82, 2.24) is 10.6 Å². The summed E-state index contributed by atoms with van der Waals surface area (Å²) >= 11 is 0. The normalized spacial score (nSPS) is 52.6. The van der Waals surface area contributed by atoms with Crippen molar-refractivity contribution in [1.29, 1.82) is 0 Å². The zero-order valence-corrected chi connectivity index (χ0v) is 10.4. The highest BCUT2D eigenvalue weighted by Gasteiger charge is 2.56. The number of piperazine rings is 1. The predicted molar refractivity (Wildman–Crippen MR) is 65.4 cm³/mol. The Morgan fingerprint density at radius 3 is 2.06 bits per heavy atom. The SMILES string of the molecule is O=C1NCCNC1C12CC3CC(CC(C3)C1)C2. The lowest BCUT2D eigenvalue weighted by molar-refractivity contribution is -0.137. The van der Waals surface area contributed by atoms with Crippen molar-refractivity contribution in [3.63, 3.8) is 0 Å². The summed E-state index contributed by atoms with van der Waals surface area (Å²) in [5.74, 6) is 3.06. The zero-order chi connectivity index (χ0) is 11.5. The van der Waals surface area contributed by atoms with Gasteiger partial charge in [-0.25, -0.2) is 0 Å². The molecule has 0 radical (unpaired) electrons. The van der Waals surface area contributed by atoms with Gasteiger partial charge in [0, 0.05) is 13.1 Å². The second-order valence-electron chi connectivity index (χ2n) is 6.96. The first-order chi connectivity index (χ1) is 8.25. The molecule has 94 valence electrons. The number of carbonyl (C=O) groups excluding carboxylic acids is 1. The van der Waals surface area contributed by atoms with Crippen molar-refractivity contribution in [2.24, 2.45) is 23.2 Å². The van der Waals surface area contributed by atoms with E-state index in [2.05, 4.69) is 10.6 Å². The molecular formula is C14H22N2O. The fourth-order valence-corrected chi connectivity index (χ4v) is 5.62. The van der Waals surface area contributed by atoms with Gasteiger partial charge >= 0.3 is 0 Å². The Kier molecular flexibility index (Phi) is 2.11. The van der Waals surface area contributed by atoms with Crippen LogP contribution in [0.2, 0.25) is 0 Å². The first-order valence-electron chi connectivity index (χ1n) is 7.26. The maximum absolute atomic E-state index is 12.1. The first kappa shape index (κ1) is 10.4. The molecular weight excluding hydrogens is 212 g/mol. The third kappa shape index (κ3) is 1.48. The summed E-state index contributed by atoms with van der Waals surface area (Å²) in [6.45, 7) is 1.76. The average Bonchev–Trinajstić information content (AvgIpc) is 2.27. The molecule has 0 spiro atoms. The highest BCUT2D eigenvalue weighted by Crippen LogP contribution is 2.61. The van der Waals surface area contributed by atoms with Crippen molar-refractivity contribution < 1.29 is 4.79 Å². The zero-order valence-electron chi connectivity index (χ0n) is 10.4. The standard InChI is InChI=1S/C14H22N2O/c17-13-12(15-1-2-16-13)14-6-9-3-10(7-14)5-11(4-9)8-14/h9-12,15H,1-8H2,(H,16,17). The van der Waals surface area contributed by atoms with Crippen molar-refractivity contribution in [2.45, 2.75) is 44.6 Å². The smallest absolute Gasteiger partial charge is 0.237 e. The second-order valence-corrected chi connectivity index (χ2v) is 6.96. The van der Waals surface area contributed by atoms with Gasteiger partial charge in [-0.2, -0.15) is 0 Å². The van der Waals surface area contributed by atoms with Gasteiger partial charge in [0.25, 0.3) is 0 Å². The molecule has 4 saturated carbocycles. The maximum atomic E-state index is 12.1. The fraction of sp³-hybridized carbons (Fsp3) is 0.929. The van der Waals surface area contributed by atoms with Crippen LogP contribution in [-0.2, 0) is 4.79 Å². The minimum Gasteiger partial charge on any atom is -0.353 e. The number of hydrogen-bond acceptors (Lipinski definition) is 2. The molecule has 0 aromatic heterocycles. The summed E-state index contributed by atoms with van der Waals surface area (Å²) in [7, 11) is 0. The molecule has 1 amide bonds. The number of nitrogens with one attached hydrogen (secondary N) is 2. The fourth-order valence-electron chi connectivity index (χ4n) is 5.62. The van der Waals surface area contributed by atoms with E-state index in [9.17, 15) is 4.79 Å². The van der Waals surface area contributed by atoms with Gasteiger partial charge in [-0.3, -0.25) is 4.79 Å². The van der Waals surface area contributed by atoms with Crippen LogP contribution in [0.25, 0.3) is 0 Å². The molecule has 17 heavy (non-hydrogen) atoms. The molecule has 1 saturated heterocycles. The molecule has 1 atom stereocenters. The Balaban J connectivity index is 1.65. The van der Waals surface area contributed by atoms with Crippen molar-refractivity contribution in [3.8, 4) is 0 Å². The maximum Gasteiger partial charge on any atom is 0.237 e. The largest absolute Gasteiger partial charge is 0.353 e. The van der Waals surface area contributed by atoms with Gasteiger partial charge in [0.1, 0.15) is 0 Å². The van der Waals surface area contributed by atoms with Crippen LogP contribution in [0.4, 0.5) is 0 Å². The third-order valence-electron chi connectivity index (χ3n) is 5.73. The molecule has 5 rings (SSSR count). The van der Waals surface area contributed by atoms with Crippen LogP contribution in [0.15, 0.2) is 0 Å². The second kappa shape index (κ2) is 3.47. The Morgan fingerprint density at radius 2 is 1.53 bits per heavy atom. The minimum atomic E-state index is 0.115. The summed E-state index contributed by atoms with van der Waals surface area (Å²) in [6.07, 6.45) is 8.28. The van der Waals surface area contributed by atoms with Gasteiger partial charge in [-0.15, -0.1) is 0 Å². The van der Waals surface area contributed by atoms with Gasteiger partial charge < -0.3 is 10.6 Å². The highest BCUT2D eigenvalue weighted by molar-refractivity contribution is 5.83. The predicted octanol–water partition coefficient (Wildman–Crippen LogP) is 1.29. The van der Waals surface area contributed by atoms with Crippen LogP contribution in [0.5, 0.6) is 0 Å².